The fourth-order valence-corrected chi connectivity index (χ4v) is 3.14. The zero-order valence-corrected chi connectivity index (χ0v) is 16.2. The van der Waals surface area contributed by atoms with Gasteiger partial charge in [0.25, 0.3) is 0 Å². The highest BCUT2D eigenvalue weighted by molar-refractivity contribution is 5.96. The lowest BCUT2D eigenvalue weighted by atomic mass is 10.0. The summed E-state index contributed by atoms with van der Waals surface area (Å²) in [5, 5.41) is 16.2. The van der Waals surface area contributed by atoms with E-state index >= 15 is 0 Å². The summed E-state index contributed by atoms with van der Waals surface area (Å²) in [6.45, 7) is 4.19. The van der Waals surface area contributed by atoms with Crippen LogP contribution in [-0.4, -0.2) is 36.5 Å². The molecule has 2 aromatic carbocycles. The lowest BCUT2D eigenvalue weighted by molar-refractivity contribution is -0.116. The maximum absolute atomic E-state index is 12.3. The van der Waals surface area contributed by atoms with Gasteiger partial charge in [-0.05, 0) is 43.2 Å². The molecule has 0 aliphatic carbocycles. The molecule has 4 rings (SSSR count). The van der Waals surface area contributed by atoms with Crippen molar-refractivity contribution in [3.63, 3.8) is 0 Å². The molecule has 8 nitrogen and oxygen atoms in total. The van der Waals surface area contributed by atoms with Crippen molar-refractivity contribution < 1.29 is 9.59 Å². The van der Waals surface area contributed by atoms with Crippen molar-refractivity contribution in [3.05, 3.63) is 60.4 Å². The summed E-state index contributed by atoms with van der Waals surface area (Å²) in [4.78, 5) is 25.5. The largest absolute Gasteiger partial charge is 0.306 e. The van der Waals surface area contributed by atoms with Crippen molar-refractivity contribution >= 4 is 28.4 Å². The maximum Gasteiger partial charge on any atom is 0.247 e. The molecule has 0 spiro atoms. The Balaban J connectivity index is 1.54. The van der Waals surface area contributed by atoms with Gasteiger partial charge < -0.3 is 5.32 Å². The molecular formula is C21H20N6O2. The monoisotopic (exact) mass is 388 g/mol. The van der Waals surface area contributed by atoms with Gasteiger partial charge in [-0.15, -0.1) is 5.10 Å². The third-order valence-corrected chi connectivity index (χ3v) is 4.62. The van der Waals surface area contributed by atoms with Crippen LogP contribution in [0.4, 0.5) is 5.82 Å². The topological polar surface area (TPSA) is 94.7 Å². The van der Waals surface area contributed by atoms with E-state index in [1.165, 1.54) is 11.0 Å². The van der Waals surface area contributed by atoms with Gasteiger partial charge in [-0.1, -0.05) is 24.3 Å². The molecule has 0 atom stereocenters. The van der Waals surface area contributed by atoms with Gasteiger partial charge in [0.05, 0.1) is 24.5 Å². The zero-order valence-electron chi connectivity index (χ0n) is 16.2. The van der Waals surface area contributed by atoms with Gasteiger partial charge >= 0.3 is 0 Å². The van der Waals surface area contributed by atoms with Crippen molar-refractivity contribution in [3.8, 4) is 11.1 Å². The Hall–Kier alpha value is -3.81. The average Bonchev–Trinajstić information content (AvgIpc) is 3.34. The van der Waals surface area contributed by atoms with Crippen LogP contribution < -0.4 is 5.32 Å². The van der Waals surface area contributed by atoms with Gasteiger partial charge in [-0.25, -0.2) is 0 Å². The van der Waals surface area contributed by atoms with Crippen LogP contribution in [0, 0.1) is 0 Å². The second kappa shape index (κ2) is 7.67. The van der Waals surface area contributed by atoms with Crippen LogP contribution in [0.3, 0.4) is 0 Å². The number of fused-ring (bicyclic) bond motifs is 1. The predicted molar refractivity (Wildman–Crippen MR) is 109 cm³/mol. The number of nitrogens with zero attached hydrogens (tertiary/aromatic N) is 5. The summed E-state index contributed by atoms with van der Waals surface area (Å²) < 4.78 is 1.64. The molecule has 2 aromatic heterocycles. The van der Waals surface area contributed by atoms with Gasteiger partial charge in [0.15, 0.2) is 11.6 Å². The van der Waals surface area contributed by atoms with Crippen LogP contribution in [0.15, 0.2) is 54.9 Å². The number of aromatic nitrogens is 5. The van der Waals surface area contributed by atoms with Crippen LogP contribution in [0.25, 0.3) is 22.0 Å². The van der Waals surface area contributed by atoms with Gasteiger partial charge in [0.2, 0.25) is 5.91 Å². The first-order valence-electron chi connectivity index (χ1n) is 9.30. The average molecular weight is 388 g/mol. The summed E-state index contributed by atoms with van der Waals surface area (Å²) in [5.41, 5.74) is 3.48. The fraction of sp³-hybridized carbons (Fsp3) is 0.190. The summed E-state index contributed by atoms with van der Waals surface area (Å²) in [6, 6.07) is 13.4. The zero-order chi connectivity index (χ0) is 20.4. The van der Waals surface area contributed by atoms with Crippen molar-refractivity contribution in [1.29, 1.82) is 0 Å². The second-order valence-corrected chi connectivity index (χ2v) is 6.68. The molecule has 0 fully saturated rings. The van der Waals surface area contributed by atoms with Crippen LogP contribution in [-0.2, 0) is 17.9 Å². The summed E-state index contributed by atoms with van der Waals surface area (Å²) >= 11 is 0. The number of anilines is 1. The fourth-order valence-electron chi connectivity index (χ4n) is 3.14. The molecule has 4 aromatic rings. The molecular weight excluding hydrogens is 368 g/mol. The molecule has 0 saturated carbocycles. The third-order valence-electron chi connectivity index (χ3n) is 4.62. The number of carbonyl (C=O) groups excluding carboxylic acids is 2. The number of amides is 1. The van der Waals surface area contributed by atoms with Crippen LogP contribution in [0.2, 0.25) is 0 Å². The smallest absolute Gasteiger partial charge is 0.247 e. The highest BCUT2D eigenvalue weighted by Gasteiger charge is 2.11. The van der Waals surface area contributed by atoms with E-state index in [0.29, 0.717) is 17.9 Å². The van der Waals surface area contributed by atoms with Crippen molar-refractivity contribution in [2.24, 2.45) is 0 Å². The molecule has 1 amide bonds. The molecule has 8 heteroatoms. The SMILES string of the molecule is CCn1ncc(NC(=O)Cn2ncc3cc(-c4cccc(C(C)=O)c4)ccc32)n1. The standard InChI is InChI=1S/C21H20N6O2/c1-3-27-23-12-20(25-27)24-21(29)13-26-19-8-7-17(10-18(19)11-22-26)16-6-4-5-15(9-16)14(2)28/h4-12H,3,13H2,1-2H3,(H,24,25,29). The molecule has 0 radical (unpaired) electrons. The minimum Gasteiger partial charge on any atom is -0.306 e. The highest BCUT2D eigenvalue weighted by atomic mass is 16.2. The van der Waals surface area contributed by atoms with E-state index in [1.807, 2.05) is 43.3 Å². The lowest BCUT2D eigenvalue weighted by Crippen LogP contribution is -2.19. The molecule has 0 bridgehead atoms. The third kappa shape index (κ3) is 3.91. The molecule has 0 saturated heterocycles. The number of Topliss-reactive ketones (excluding diaryl/α,β-unsaturated/α-hetero) is 1. The number of benzene rings is 2. The first-order valence-corrected chi connectivity index (χ1v) is 9.30. The van der Waals surface area contributed by atoms with Gasteiger partial charge in [-0.2, -0.15) is 15.0 Å². The van der Waals surface area contributed by atoms with Gasteiger partial charge in [0.1, 0.15) is 6.54 Å². The molecule has 2 heterocycles. The summed E-state index contributed by atoms with van der Waals surface area (Å²) in [6.07, 6.45) is 3.25. The number of ketones is 1. The molecule has 0 aliphatic rings. The second-order valence-electron chi connectivity index (χ2n) is 6.68. The number of nitrogens with one attached hydrogen (secondary N) is 1. The number of hydrogen-bond donors (Lipinski definition) is 1. The molecule has 1 N–H and O–H groups in total. The van der Waals surface area contributed by atoms with Crippen molar-refractivity contribution in [2.75, 3.05) is 5.32 Å². The van der Waals surface area contributed by atoms with E-state index in [0.717, 1.165) is 22.0 Å². The number of rotatable bonds is 6. The minimum absolute atomic E-state index is 0.0331. The van der Waals surface area contributed by atoms with E-state index in [1.54, 1.807) is 23.9 Å². The molecule has 0 unspecified atom stereocenters. The van der Waals surface area contributed by atoms with Gasteiger partial charge in [0, 0.05) is 10.9 Å². The quantitative estimate of drug-likeness (QED) is 0.512. The minimum atomic E-state index is -0.226. The summed E-state index contributed by atoms with van der Waals surface area (Å²) in [5.74, 6) is 0.225. The molecule has 29 heavy (non-hydrogen) atoms. The Morgan fingerprint density at radius 3 is 2.62 bits per heavy atom. The van der Waals surface area contributed by atoms with E-state index < -0.39 is 0 Å². The Bertz CT molecular complexity index is 1210. The van der Waals surface area contributed by atoms with Crippen molar-refractivity contribution in [1.82, 2.24) is 24.8 Å². The number of carbonyl (C=O) groups is 2. The number of aryl methyl sites for hydroxylation is 1. The maximum atomic E-state index is 12.3. The summed E-state index contributed by atoms with van der Waals surface area (Å²) in [7, 11) is 0. The van der Waals surface area contributed by atoms with Crippen LogP contribution >= 0.6 is 0 Å². The van der Waals surface area contributed by atoms with E-state index in [2.05, 4.69) is 20.6 Å². The van der Waals surface area contributed by atoms with Crippen LogP contribution in [0.1, 0.15) is 24.2 Å². The Morgan fingerprint density at radius 1 is 1.03 bits per heavy atom. The molecule has 0 aliphatic heterocycles. The normalized spacial score (nSPS) is 11.0. The Labute approximate surface area is 167 Å². The number of hydrogen-bond acceptors (Lipinski definition) is 5. The lowest BCUT2D eigenvalue weighted by Gasteiger charge is -2.06. The first-order chi connectivity index (χ1) is 14.0. The van der Waals surface area contributed by atoms with Crippen molar-refractivity contribution in [2.45, 2.75) is 26.9 Å². The first kappa shape index (κ1) is 18.5. The van der Waals surface area contributed by atoms with Gasteiger partial charge in [-0.3, -0.25) is 14.3 Å². The van der Waals surface area contributed by atoms with E-state index in [9.17, 15) is 9.59 Å². The van der Waals surface area contributed by atoms with E-state index in [4.69, 9.17) is 0 Å². The molecule has 146 valence electrons. The highest BCUT2D eigenvalue weighted by Crippen LogP contribution is 2.25. The Morgan fingerprint density at radius 2 is 1.86 bits per heavy atom. The Kier molecular flexibility index (Phi) is 4.90. The van der Waals surface area contributed by atoms with E-state index in [-0.39, 0.29) is 18.2 Å². The van der Waals surface area contributed by atoms with Crippen LogP contribution in [0.5, 0.6) is 0 Å². The predicted octanol–water partition coefficient (Wildman–Crippen LogP) is 3.16.